The van der Waals surface area contributed by atoms with E-state index in [4.69, 9.17) is 9.78 Å². The Balaban J connectivity index is 1.48. The zero-order valence-corrected chi connectivity index (χ0v) is 14.7. The number of nitrogens with zero attached hydrogens (tertiary/aromatic N) is 7. The molecular weight excluding hydrogens is 346 g/mol. The SMILES string of the molecule is Cc1nc(-c2cn([C@H]3CCCN(C(=O)c4ccc(C#N)cc4)C3)nn2)no1. The Hall–Kier alpha value is -3.54. The van der Waals surface area contributed by atoms with Gasteiger partial charge in [-0.15, -0.1) is 5.10 Å². The molecule has 136 valence electrons. The summed E-state index contributed by atoms with van der Waals surface area (Å²) in [5.74, 6) is 0.829. The highest BCUT2D eigenvalue weighted by Gasteiger charge is 2.27. The first-order valence-electron chi connectivity index (χ1n) is 8.66. The highest BCUT2D eigenvalue weighted by atomic mass is 16.5. The molecule has 0 N–H and O–H groups in total. The second-order valence-electron chi connectivity index (χ2n) is 6.46. The van der Waals surface area contributed by atoms with Gasteiger partial charge in [-0.25, -0.2) is 4.68 Å². The van der Waals surface area contributed by atoms with Gasteiger partial charge in [0.05, 0.1) is 23.9 Å². The van der Waals surface area contributed by atoms with Crippen LogP contribution in [0.25, 0.3) is 11.5 Å². The van der Waals surface area contributed by atoms with Crippen molar-refractivity contribution in [3.8, 4) is 17.6 Å². The lowest BCUT2D eigenvalue weighted by molar-refractivity contribution is 0.0672. The maximum absolute atomic E-state index is 12.8. The number of nitriles is 1. The summed E-state index contributed by atoms with van der Waals surface area (Å²) in [5.41, 5.74) is 1.66. The third-order valence-electron chi connectivity index (χ3n) is 4.59. The number of carbonyl (C=O) groups is 1. The molecule has 4 rings (SSSR count). The minimum atomic E-state index is -0.0432. The number of amides is 1. The van der Waals surface area contributed by atoms with Gasteiger partial charge in [-0.3, -0.25) is 4.79 Å². The fourth-order valence-electron chi connectivity index (χ4n) is 3.19. The first kappa shape index (κ1) is 16.9. The Labute approximate surface area is 155 Å². The fraction of sp³-hybridized carbons (Fsp3) is 0.333. The zero-order chi connectivity index (χ0) is 18.8. The second kappa shape index (κ2) is 6.99. The van der Waals surface area contributed by atoms with Crippen molar-refractivity contribution in [2.45, 2.75) is 25.8 Å². The van der Waals surface area contributed by atoms with E-state index in [0.29, 0.717) is 41.6 Å². The zero-order valence-electron chi connectivity index (χ0n) is 14.7. The third-order valence-corrected chi connectivity index (χ3v) is 4.59. The van der Waals surface area contributed by atoms with E-state index in [1.165, 1.54) is 0 Å². The molecule has 1 aliphatic heterocycles. The summed E-state index contributed by atoms with van der Waals surface area (Å²) in [6, 6.07) is 8.79. The van der Waals surface area contributed by atoms with E-state index in [1.807, 2.05) is 4.90 Å². The van der Waals surface area contributed by atoms with Crippen LogP contribution in [0.1, 0.15) is 40.7 Å². The fourth-order valence-corrected chi connectivity index (χ4v) is 3.19. The van der Waals surface area contributed by atoms with Crippen LogP contribution in [-0.4, -0.2) is 49.0 Å². The van der Waals surface area contributed by atoms with Crippen LogP contribution in [-0.2, 0) is 0 Å². The van der Waals surface area contributed by atoms with Crippen molar-refractivity contribution in [1.29, 1.82) is 5.26 Å². The number of aromatic nitrogens is 5. The molecule has 9 heteroatoms. The molecule has 3 heterocycles. The van der Waals surface area contributed by atoms with Gasteiger partial charge < -0.3 is 9.42 Å². The molecule has 0 bridgehead atoms. The average molecular weight is 363 g/mol. The van der Waals surface area contributed by atoms with Gasteiger partial charge in [0.1, 0.15) is 0 Å². The average Bonchev–Trinajstić information content (AvgIpc) is 3.37. The van der Waals surface area contributed by atoms with Gasteiger partial charge in [-0.05, 0) is 37.1 Å². The van der Waals surface area contributed by atoms with Crippen LogP contribution in [0.4, 0.5) is 0 Å². The highest BCUT2D eigenvalue weighted by molar-refractivity contribution is 5.94. The predicted octanol–water partition coefficient (Wildman–Crippen LogP) is 1.99. The molecule has 1 amide bonds. The molecule has 0 radical (unpaired) electrons. The summed E-state index contributed by atoms with van der Waals surface area (Å²) in [6.45, 7) is 2.96. The number of piperidine rings is 1. The number of likely N-dealkylation sites (tertiary alicyclic amines) is 1. The van der Waals surface area contributed by atoms with E-state index in [-0.39, 0.29) is 11.9 Å². The van der Waals surface area contributed by atoms with Gasteiger partial charge in [0.15, 0.2) is 5.69 Å². The third kappa shape index (κ3) is 3.42. The Morgan fingerprint density at radius 3 is 2.85 bits per heavy atom. The normalized spacial score (nSPS) is 16.9. The number of carbonyl (C=O) groups excluding carboxylic acids is 1. The second-order valence-corrected chi connectivity index (χ2v) is 6.46. The van der Waals surface area contributed by atoms with E-state index in [1.54, 1.807) is 42.1 Å². The summed E-state index contributed by atoms with van der Waals surface area (Å²) in [5, 5.41) is 21.0. The van der Waals surface area contributed by atoms with Crippen molar-refractivity contribution in [2.75, 3.05) is 13.1 Å². The number of rotatable bonds is 3. The van der Waals surface area contributed by atoms with Crippen molar-refractivity contribution in [1.82, 2.24) is 30.0 Å². The number of hydrogen-bond donors (Lipinski definition) is 0. The minimum absolute atomic E-state index is 0.0373. The molecule has 0 unspecified atom stereocenters. The molecule has 27 heavy (non-hydrogen) atoms. The van der Waals surface area contributed by atoms with Gasteiger partial charge in [0.25, 0.3) is 5.91 Å². The number of aryl methyl sites for hydroxylation is 1. The van der Waals surface area contributed by atoms with E-state index in [0.717, 1.165) is 12.8 Å². The summed E-state index contributed by atoms with van der Waals surface area (Å²) < 4.78 is 6.74. The Morgan fingerprint density at radius 1 is 1.33 bits per heavy atom. The first-order chi connectivity index (χ1) is 13.1. The molecule has 0 aliphatic carbocycles. The number of benzene rings is 1. The summed E-state index contributed by atoms with van der Waals surface area (Å²) in [6.07, 6.45) is 3.57. The summed E-state index contributed by atoms with van der Waals surface area (Å²) >= 11 is 0. The van der Waals surface area contributed by atoms with Crippen LogP contribution in [0.5, 0.6) is 0 Å². The van der Waals surface area contributed by atoms with Crippen molar-refractivity contribution in [2.24, 2.45) is 0 Å². The van der Waals surface area contributed by atoms with Crippen molar-refractivity contribution in [3.05, 3.63) is 47.5 Å². The van der Waals surface area contributed by atoms with Crippen LogP contribution in [0, 0.1) is 18.3 Å². The van der Waals surface area contributed by atoms with Crippen LogP contribution < -0.4 is 0 Å². The molecule has 2 aromatic heterocycles. The molecule has 1 fully saturated rings. The van der Waals surface area contributed by atoms with Gasteiger partial charge in [-0.2, -0.15) is 10.2 Å². The lowest BCUT2D eigenvalue weighted by atomic mass is 10.0. The predicted molar refractivity (Wildman–Crippen MR) is 93.4 cm³/mol. The van der Waals surface area contributed by atoms with Crippen molar-refractivity contribution in [3.63, 3.8) is 0 Å². The quantitative estimate of drug-likeness (QED) is 0.699. The Morgan fingerprint density at radius 2 is 2.15 bits per heavy atom. The molecule has 1 atom stereocenters. The van der Waals surface area contributed by atoms with E-state index in [2.05, 4.69) is 26.5 Å². The van der Waals surface area contributed by atoms with E-state index >= 15 is 0 Å². The topological polar surface area (TPSA) is 114 Å². The maximum Gasteiger partial charge on any atom is 0.253 e. The summed E-state index contributed by atoms with van der Waals surface area (Å²) in [7, 11) is 0. The molecule has 3 aromatic rings. The minimum Gasteiger partial charge on any atom is -0.339 e. The lowest BCUT2D eigenvalue weighted by Gasteiger charge is -2.32. The van der Waals surface area contributed by atoms with Gasteiger partial charge in [0.2, 0.25) is 11.7 Å². The van der Waals surface area contributed by atoms with Gasteiger partial charge in [0, 0.05) is 25.6 Å². The lowest BCUT2D eigenvalue weighted by Crippen LogP contribution is -2.40. The van der Waals surface area contributed by atoms with Crippen LogP contribution in [0.15, 0.2) is 35.0 Å². The standard InChI is InChI=1S/C18H17N7O2/c1-12-20-17(22-27-12)16-11-25(23-21-16)15-3-2-8-24(10-15)18(26)14-6-4-13(9-19)5-7-14/h4-7,11,15H,2-3,8,10H2,1H3/t15-/m0/s1. The smallest absolute Gasteiger partial charge is 0.253 e. The largest absolute Gasteiger partial charge is 0.339 e. The Kier molecular flexibility index (Phi) is 4.38. The number of hydrogen-bond acceptors (Lipinski definition) is 7. The van der Waals surface area contributed by atoms with Crippen LogP contribution >= 0.6 is 0 Å². The van der Waals surface area contributed by atoms with E-state index in [9.17, 15) is 4.79 Å². The summed E-state index contributed by atoms with van der Waals surface area (Å²) in [4.78, 5) is 18.7. The van der Waals surface area contributed by atoms with Crippen molar-refractivity contribution < 1.29 is 9.32 Å². The molecular formula is C18H17N7O2. The molecule has 0 spiro atoms. The van der Waals surface area contributed by atoms with Gasteiger partial charge in [-0.1, -0.05) is 10.4 Å². The van der Waals surface area contributed by atoms with Gasteiger partial charge >= 0.3 is 0 Å². The highest BCUT2D eigenvalue weighted by Crippen LogP contribution is 2.24. The van der Waals surface area contributed by atoms with Crippen molar-refractivity contribution >= 4 is 5.91 Å². The molecule has 1 aromatic carbocycles. The molecule has 0 saturated carbocycles. The Bertz CT molecular complexity index is 999. The first-order valence-corrected chi connectivity index (χ1v) is 8.66. The van der Waals surface area contributed by atoms with Crippen LogP contribution in [0.2, 0.25) is 0 Å². The molecule has 1 saturated heterocycles. The van der Waals surface area contributed by atoms with Crippen LogP contribution in [0.3, 0.4) is 0 Å². The maximum atomic E-state index is 12.8. The monoisotopic (exact) mass is 363 g/mol. The molecule has 9 nitrogen and oxygen atoms in total. The molecule has 1 aliphatic rings. The van der Waals surface area contributed by atoms with E-state index < -0.39 is 0 Å².